The van der Waals surface area contributed by atoms with Crippen molar-refractivity contribution in [1.29, 1.82) is 5.26 Å². The molecule has 2 aliphatic heterocycles. The Balaban J connectivity index is 1.42. The van der Waals surface area contributed by atoms with Gasteiger partial charge in [0.15, 0.2) is 0 Å². The fraction of sp³-hybridized carbons (Fsp3) is 0.520. The molecule has 2 fully saturated rings. The van der Waals surface area contributed by atoms with Crippen LogP contribution < -0.4 is 20.9 Å². The van der Waals surface area contributed by atoms with Crippen molar-refractivity contribution < 1.29 is 18.0 Å². The van der Waals surface area contributed by atoms with Crippen LogP contribution >= 0.6 is 0 Å². The highest BCUT2D eigenvalue weighted by atomic mass is 19.4. The van der Waals surface area contributed by atoms with Crippen molar-refractivity contribution in [2.24, 2.45) is 11.7 Å². The SMILES string of the molecule is N#Cc1ccc(CCNC(=O)[C@@H]2CCN2c2cc(N3CCC(CCN)CC3)nc(C(F)(F)F)n2)cc1. The number of carbonyl (C=O) groups excluding carboxylic acids is 1. The third kappa shape index (κ3) is 6.05. The Morgan fingerprint density at radius 2 is 1.81 bits per heavy atom. The first-order valence-electron chi connectivity index (χ1n) is 12.2. The highest BCUT2D eigenvalue weighted by Crippen LogP contribution is 2.34. The Morgan fingerprint density at radius 1 is 1.11 bits per heavy atom. The summed E-state index contributed by atoms with van der Waals surface area (Å²) in [6, 6.07) is 10.2. The summed E-state index contributed by atoms with van der Waals surface area (Å²) in [6.07, 6.45) is -0.954. The summed E-state index contributed by atoms with van der Waals surface area (Å²) in [5.74, 6) is -0.597. The number of hydrogen-bond acceptors (Lipinski definition) is 7. The summed E-state index contributed by atoms with van der Waals surface area (Å²) in [7, 11) is 0. The minimum Gasteiger partial charge on any atom is -0.356 e. The fourth-order valence-electron chi connectivity index (χ4n) is 4.67. The lowest BCUT2D eigenvalue weighted by molar-refractivity contribution is -0.144. The number of nitrogens with one attached hydrogen (secondary N) is 1. The Hall–Kier alpha value is -3.39. The molecule has 1 atom stereocenters. The van der Waals surface area contributed by atoms with Crippen LogP contribution in [-0.4, -0.2) is 54.6 Å². The minimum absolute atomic E-state index is 0.120. The van der Waals surface area contributed by atoms with E-state index in [9.17, 15) is 18.0 Å². The molecule has 1 aromatic heterocycles. The van der Waals surface area contributed by atoms with Gasteiger partial charge < -0.3 is 20.9 Å². The molecule has 0 radical (unpaired) electrons. The summed E-state index contributed by atoms with van der Waals surface area (Å²) < 4.78 is 40.9. The molecular weight excluding hydrogens is 471 g/mol. The molecule has 192 valence electrons. The number of rotatable bonds is 8. The Kier molecular flexibility index (Phi) is 7.94. The standard InChI is InChI=1S/C25H30F3N7O/c26-25(27,28)24-32-21(34-12-7-18(5-10-29)8-13-34)15-22(33-24)35-14-9-20(35)23(36)31-11-6-17-1-3-19(16-30)4-2-17/h1-4,15,18,20H,5-14,29H2,(H,31,36)/t20-/m0/s1. The predicted octanol–water partition coefficient (Wildman–Crippen LogP) is 2.87. The Labute approximate surface area is 208 Å². The number of amides is 1. The van der Waals surface area contributed by atoms with E-state index in [4.69, 9.17) is 11.0 Å². The summed E-state index contributed by atoms with van der Waals surface area (Å²) >= 11 is 0. The zero-order chi connectivity index (χ0) is 25.7. The highest BCUT2D eigenvalue weighted by Gasteiger charge is 2.40. The van der Waals surface area contributed by atoms with Gasteiger partial charge >= 0.3 is 6.18 Å². The van der Waals surface area contributed by atoms with E-state index in [1.165, 1.54) is 0 Å². The van der Waals surface area contributed by atoms with Crippen molar-refractivity contribution in [2.45, 2.75) is 44.3 Å². The largest absolute Gasteiger partial charge is 0.451 e. The van der Waals surface area contributed by atoms with Crippen LogP contribution in [0.15, 0.2) is 30.3 Å². The average molecular weight is 502 g/mol. The second-order valence-corrected chi connectivity index (χ2v) is 9.26. The summed E-state index contributed by atoms with van der Waals surface area (Å²) in [5.41, 5.74) is 7.19. The van der Waals surface area contributed by atoms with Crippen LogP contribution in [0, 0.1) is 17.2 Å². The van der Waals surface area contributed by atoms with Gasteiger partial charge in [0.2, 0.25) is 11.7 Å². The molecule has 0 bridgehead atoms. The quantitative estimate of drug-likeness (QED) is 0.572. The summed E-state index contributed by atoms with van der Waals surface area (Å²) in [5, 5.41) is 11.8. The maximum absolute atomic E-state index is 13.6. The molecular formula is C25H30F3N7O. The van der Waals surface area contributed by atoms with Gasteiger partial charge in [-0.2, -0.15) is 18.4 Å². The van der Waals surface area contributed by atoms with Crippen LogP contribution in [0.5, 0.6) is 0 Å². The number of carbonyl (C=O) groups is 1. The number of halogens is 3. The monoisotopic (exact) mass is 501 g/mol. The number of anilines is 2. The second kappa shape index (κ2) is 11.1. The third-order valence-corrected chi connectivity index (χ3v) is 6.88. The van der Waals surface area contributed by atoms with Gasteiger partial charge in [-0.3, -0.25) is 4.79 Å². The maximum Gasteiger partial charge on any atom is 0.451 e. The van der Waals surface area contributed by atoms with Crippen molar-refractivity contribution in [3.63, 3.8) is 0 Å². The second-order valence-electron chi connectivity index (χ2n) is 9.26. The first-order valence-corrected chi connectivity index (χ1v) is 12.2. The lowest BCUT2D eigenvalue weighted by atomic mass is 9.93. The van der Waals surface area contributed by atoms with Gasteiger partial charge in [0.05, 0.1) is 11.6 Å². The van der Waals surface area contributed by atoms with Crippen molar-refractivity contribution >= 4 is 17.5 Å². The van der Waals surface area contributed by atoms with E-state index in [0.29, 0.717) is 57.0 Å². The van der Waals surface area contributed by atoms with Crippen molar-refractivity contribution in [3.8, 4) is 6.07 Å². The van der Waals surface area contributed by atoms with Crippen molar-refractivity contribution in [3.05, 3.63) is 47.3 Å². The third-order valence-electron chi connectivity index (χ3n) is 6.88. The van der Waals surface area contributed by atoms with E-state index >= 15 is 0 Å². The van der Waals surface area contributed by atoms with Crippen LogP contribution in [0.25, 0.3) is 0 Å². The van der Waals surface area contributed by atoms with E-state index in [1.54, 1.807) is 23.1 Å². The molecule has 36 heavy (non-hydrogen) atoms. The first-order chi connectivity index (χ1) is 17.3. The zero-order valence-corrected chi connectivity index (χ0v) is 20.0. The van der Waals surface area contributed by atoms with E-state index in [1.807, 2.05) is 17.0 Å². The molecule has 3 N–H and O–H groups in total. The molecule has 2 aromatic rings. The molecule has 2 aliphatic rings. The summed E-state index contributed by atoms with van der Waals surface area (Å²) in [6.45, 7) is 2.65. The Bertz CT molecular complexity index is 1090. The molecule has 11 heteroatoms. The molecule has 8 nitrogen and oxygen atoms in total. The van der Waals surface area contributed by atoms with Gasteiger partial charge in [-0.15, -0.1) is 0 Å². The Morgan fingerprint density at radius 3 is 2.39 bits per heavy atom. The van der Waals surface area contributed by atoms with Crippen molar-refractivity contribution in [2.75, 3.05) is 42.5 Å². The fourth-order valence-corrected chi connectivity index (χ4v) is 4.67. The molecule has 1 amide bonds. The number of hydrogen-bond donors (Lipinski definition) is 2. The predicted molar refractivity (Wildman–Crippen MR) is 129 cm³/mol. The number of benzene rings is 1. The van der Waals surface area contributed by atoms with Crippen molar-refractivity contribution in [1.82, 2.24) is 15.3 Å². The lowest BCUT2D eigenvalue weighted by Crippen LogP contribution is -2.57. The number of alkyl halides is 3. The van der Waals surface area contributed by atoms with Gasteiger partial charge in [0.25, 0.3) is 0 Å². The van der Waals surface area contributed by atoms with Crippen LogP contribution in [0.4, 0.5) is 24.8 Å². The zero-order valence-electron chi connectivity index (χ0n) is 20.0. The van der Waals surface area contributed by atoms with E-state index in [0.717, 1.165) is 24.8 Å². The molecule has 1 aromatic carbocycles. The lowest BCUT2D eigenvalue weighted by Gasteiger charge is -2.41. The molecule has 3 heterocycles. The smallest absolute Gasteiger partial charge is 0.356 e. The van der Waals surface area contributed by atoms with Gasteiger partial charge in [-0.05, 0) is 62.3 Å². The minimum atomic E-state index is -4.69. The van der Waals surface area contributed by atoms with Gasteiger partial charge in [-0.1, -0.05) is 12.1 Å². The first kappa shape index (κ1) is 25.7. The molecule has 0 saturated carbocycles. The molecule has 4 rings (SSSR count). The van der Waals surface area contributed by atoms with Gasteiger partial charge in [0.1, 0.15) is 17.7 Å². The number of piperidine rings is 1. The molecule has 0 spiro atoms. The van der Waals surface area contributed by atoms with Crippen LogP contribution in [-0.2, 0) is 17.4 Å². The van der Waals surface area contributed by atoms with Crippen LogP contribution in [0.2, 0.25) is 0 Å². The van der Waals surface area contributed by atoms with Gasteiger partial charge in [0, 0.05) is 32.2 Å². The number of aromatic nitrogens is 2. The van der Waals surface area contributed by atoms with E-state index in [-0.39, 0.29) is 17.5 Å². The van der Waals surface area contributed by atoms with Crippen LogP contribution in [0.1, 0.15) is 42.6 Å². The summed E-state index contributed by atoms with van der Waals surface area (Å²) in [4.78, 5) is 23.9. The maximum atomic E-state index is 13.6. The van der Waals surface area contributed by atoms with E-state index in [2.05, 4.69) is 21.4 Å². The molecule has 2 saturated heterocycles. The number of nitrogens with two attached hydrogens (primary N) is 1. The highest BCUT2D eigenvalue weighted by molar-refractivity contribution is 5.86. The topological polar surface area (TPSA) is 111 Å². The molecule has 0 aliphatic carbocycles. The normalized spacial score (nSPS) is 18.5. The average Bonchev–Trinajstić information content (AvgIpc) is 2.84. The number of nitrogens with zero attached hydrogens (tertiary/aromatic N) is 5. The van der Waals surface area contributed by atoms with E-state index < -0.39 is 18.0 Å². The van der Waals surface area contributed by atoms with Crippen LogP contribution in [0.3, 0.4) is 0 Å². The molecule has 0 unspecified atom stereocenters. The van der Waals surface area contributed by atoms with Gasteiger partial charge in [-0.25, -0.2) is 9.97 Å². The number of nitriles is 1.